The molecule has 176 valence electrons. The monoisotopic (exact) mass is 506 g/mol. The Balaban J connectivity index is 1.75. The van der Waals surface area contributed by atoms with Crippen molar-refractivity contribution < 1.29 is 24.5 Å². The summed E-state index contributed by atoms with van der Waals surface area (Å²) in [6, 6.07) is 15.7. The zero-order valence-corrected chi connectivity index (χ0v) is 20.2. The Morgan fingerprint density at radius 2 is 1.83 bits per heavy atom. The number of Topliss-reactive ketones (excluding diaryl/α,β-unsaturated/α-hetero) is 1. The van der Waals surface area contributed by atoms with Gasteiger partial charge < -0.3 is 14.9 Å². The molecule has 0 saturated carbocycles. The van der Waals surface area contributed by atoms with Crippen LogP contribution in [0.15, 0.2) is 66.2 Å². The molecule has 5 rings (SSSR count). The first-order valence-corrected chi connectivity index (χ1v) is 11.8. The summed E-state index contributed by atoms with van der Waals surface area (Å²) in [5, 5.41) is 22.1. The summed E-state index contributed by atoms with van der Waals surface area (Å²) in [5.41, 5.74) is 2.39. The number of phenolic OH excluding ortho intramolecular Hbond substituents is 1. The molecule has 1 aliphatic rings. The number of anilines is 1. The predicted octanol–water partition coefficient (Wildman–Crippen LogP) is 5.60. The smallest absolute Gasteiger partial charge is 0.301 e. The van der Waals surface area contributed by atoms with Crippen LogP contribution in [0.5, 0.6) is 11.5 Å². The Hall–Kier alpha value is -3.88. The molecule has 1 aliphatic heterocycles. The molecule has 9 heteroatoms. The van der Waals surface area contributed by atoms with Crippen molar-refractivity contribution in [1.82, 2.24) is 4.98 Å². The second kappa shape index (κ2) is 8.72. The number of hydrogen-bond acceptors (Lipinski definition) is 7. The number of amides is 1. The maximum absolute atomic E-state index is 13.3. The summed E-state index contributed by atoms with van der Waals surface area (Å²) >= 11 is 7.33. The summed E-state index contributed by atoms with van der Waals surface area (Å²) in [4.78, 5) is 32.5. The van der Waals surface area contributed by atoms with E-state index in [1.165, 1.54) is 35.5 Å². The van der Waals surface area contributed by atoms with Crippen LogP contribution in [0.4, 0.5) is 5.13 Å². The van der Waals surface area contributed by atoms with Crippen molar-refractivity contribution in [1.29, 1.82) is 0 Å². The van der Waals surface area contributed by atoms with Gasteiger partial charge in [0.1, 0.15) is 5.76 Å². The van der Waals surface area contributed by atoms with Gasteiger partial charge in [0, 0.05) is 10.6 Å². The Kier molecular flexibility index (Phi) is 5.70. The number of aliphatic hydroxyl groups is 1. The second-order valence-corrected chi connectivity index (χ2v) is 9.52. The molecule has 1 unspecified atom stereocenters. The van der Waals surface area contributed by atoms with Gasteiger partial charge in [-0.3, -0.25) is 14.5 Å². The molecule has 1 atom stereocenters. The van der Waals surface area contributed by atoms with Crippen molar-refractivity contribution in [2.24, 2.45) is 0 Å². The molecule has 0 aliphatic carbocycles. The molecule has 1 fully saturated rings. The van der Waals surface area contributed by atoms with Crippen molar-refractivity contribution in [2.45, 2.75) is 13.0 Å². The molecule has 1 saturated heterocycles. The highest BCUT2D eigenvalue weighted by atomic mass is 35.5. The van der Waals surface area contributed by atoms with Crippen LogP contribution in [0.2, 0.25) is 5.02 Å². The SMILES string of the molecule is COc1cc(C2/C(=C(\O)c3ccc(C)cc3)C(=O)C(=O)N2c2nc3ccc(Cl)cc3s2)ccc1O. The summed E-state index contributed by atoms with van der Waals surface area (Å²) in [5.74, 6) is -1.88. The third kappa shape index (κ3) is 3.90. The lowest BCUT2D eigenvalue weighted by atomic mass is 9.95. The molecule has 7 nitrogen and oxygen atoms in total. The Bertz CT molecular complexity index is 1530. The minimum absolute atomic E-state index is 0.0797. The molecule has 1 amide bonds. The van der Waals surface area contributed by atoms with Crippen LogP contribution in [0.1, 0.15) is 22.7 Å². The molecule has 2 heterocycles. The average molecular weight is 507 g/mol. The molecule has 35 heavy (non-hydrogen) atoms. The number of aromatic hydroxyl groups is 1. The van der Waals surface area contributed by atoms with Crippen molar-refractivity contribution in [3.63, 3.8) is 0 Å². The Morgan fingerprint density at radius 3 is 2.54 bits per heavy atom. The number of thiazole rings is 1. The van der Waals surface area contributed by atoms with Crippen LogP contribution in [0, 0.1) is 6.92 Å². The lowest BCUT2D eigenvalue weighted by molar-refractivity contribution is -0.132. The van der Waals surface area contributed by atoms with Crippen LogP contribution in [-0.4, -0.2) is 34.0 Å². The fraction of sp³-hybridized carbons (Fsp3) is 0.115. The number of aliphatic hydroxyl groups excluding tert-OH is 1. The molecule has 2 N–H and O–H groups in total. The molecule has 4 aromatic rings. The number of phenols is 1. The predicted molar refractivity (Wildman–Crippen MR) is 135 cm³/mol. The number of ether oxygens (including phenoxy) is 1. The minimum atomic E-state index is -0.998. The van der Waals surface area contributed by atoms with Crippen LogP contribution in [0.25, 0.3) is 16.0 Å². The molecular weight excluding hydrogens is 488 g/mol. The number of methoxy groups -OCH3 is 1. The van der Waals surface area contributed by atoms with Gasteiger partial charge in [0.25, 0.3) is 5.78 Å². The maximum atomic E-state index is 13.3. The standard InChI is InChI=1S/C26H19ClN2O5S/c1-13-3-5-14(6-4-13)23(31)21-22(15-7-10-18(30)19(11-15)34-2)29(25(33)24(21)32)26-28-17-9-8-16(27)12-20(17)35-26/h3-12,22,30-31H,1-2H3/b23-21+. The lowest BCUT2D eigenvalue weighted by Crippen LogP contribution is -2.29. The van der Waals surface area contributed by atoms with Crippen LogP contribution in [0.3, 0.4) is 0 Å². The number of carbonyl (C=O) groups is 2. The number of aromatic nitrogens is 1. The van der Waals surface area contributed by atoms with E-state index in [1.54, 1.807) is 48.5 Å². The van der Waals surface area contributed by atoms with E-state index in [1.807, 2.05) is 6.92 Å². The lowest BCUT2D eigenvalue weighted by Gasteiger charge is -2.23. The summed E-state index contributed by atoms with van der Waals surface area (Å²) in [6.07, 6.45) is 0. The van der Waals surface area contributed by atoms with Crippen molar-refractivity contribution in [2.75, 3.05) is 12.0 Å². The van der Waals surface area contributed by atoms with Crippen LogP contribution < -0.4 is 9.64 Å². The van der Waals surface area contributed by atoms with Crippen LogP contribution >= 0.6 is 22.9 Å². The first-order chi connectivity index (χ1) is 16.8. The van der Waals surface area contributed by atoms with Crippen LogP contribution in [-0.2, 0) is 9.59 Å². The minimum Gasteiger partial charge on any atom is -0.507 e. The molecule has 0 bridgehead atoms. The number of ketones is 1. The fourth-order valence-corrected chi connectivity index (χ4v) is 5.33. The fourth-order valence-electron chi connectivity index (χ4n) is 4.07. The Morgan fingerprint density at radius 1 is 1.09 bits per heavy atom. The van der Waals surface area contributed by atoms with E-state index in [2.05, 4.69) is 4.98 Å². The number of halogens is 1. The summed E-state index contributed by atoms with van der Waals surface area (Å²) < 4.78 is 6.00. The van der Waals surface area contributed by atoms with Gasteiger partial charge in [0.15, 0.2) is 16.6 Å². The van der Waals surface area contributed by atoms with Gasteiger partial charge in [0.05, 0.1) is 28.9 Å². The number of carbonyl (C=O) groups excluding carboxylic acids is 2. The third-order valence-corrected chi connectivity index (χ3v) is 7.09. The highest BCUT2D eigenvalue weighted by Crippen LogP contribution is 2.45. The second-order valence-electron chi connectivity index (χ2n) is 8.07. The van der Waals surface area contributed by atoms with E-state index in [9.17, 15) is 19.8 Å². The van der Waals surface area contributed by atoms with Gasteiger partial charge >= 0.3 is 5.91 Å². The average Bonchev–Trinajstić information content (AvgIpc) is 3.37. The number of rotatable bonds is 4. The normalized spacial score (nSPS) is 17.3. The van der Waals surface area contributed by atoms with E-state index in [0.717, 1.165) is 10.3 Å². The summed E-state index contributed by atoms with van der Waals surface area (Å²) in [6.45, 7) is 1.91. The van der Waals surface area contributed by atoms with Gasteiger partial charge in [-0.05, 0) is 42.8 Å². The van der Waals surface area contributed by atoms with Gasteiger partial charge in [-0.15, -0.1) is 0 Å². The van der Waals surface area contributed by atoms with Gasteiger partial charge in [0.2, 0.25) is 0 Å². The topological polar surface area (TPSA) is 100.0 Å². The van der Waals surface area contributed by atoms with E-state index < -0.39 is 17.7 Å². The highest BCUT2D eigenvalue weighted by molar-refractivity contribution is 7.22. The zero-order chi connectivity index (χ0) is 24.9. The maximum Gasteiger partial charge on any atom is 0.301 e. The van der Waals surface area contributed by atoms with E-state index in [0.29, 0.717) is 21.7 Å². The number of fused-ring (bicyclic) bond motifs is 1. The number of aryl methyl sites for hydroxylation is 1. The number of hydrogen-bond donors (Lipinski definition) is 2. The third-order valence-electron chi connectivity index (χ3n) is 5.83. The zero-order valence-electron chi connectivity index (χ0n) is 18.7. The van der Waals surface area contributed by atoms with Gasteiger partial charge in [-0.2, -0.15) is 0 Å². The van der Waals surface area contributed by atoms with Crippen molar-refractivity contribution in [3.8, 4) is 11.5 Å². The van der Waals surface area contributed by atoms with Gasteiger partial charge in [-0.1, -0.05) is 58.8 Å². The van der Waals surface area contributed by atoms with E-state index in [-0.39, 0.29) is 28.0 Å². The molecule has 3 aromatic carbocycles. The van der Waals surface area contributed by atoms with E-state index >= 15 is 0 Å². The first-order valence-electron chi connectivity index (χ1n) is 10.6. The first kappa shape index (κ1) is 22.9. The number of nitrogens with zero attached hydrogens (tertiary/aromatic N) is 2. The summed E-state index contributed by atoms with van der Waals surface area (Å²) in [7, 11) is 1.40. The van der Waals surface area contributed by atoms with Crippen molar-refractivity contribution >= 4 is 55.7 Å². The largest absolute Gasteiger partial charge is 0.507 e. The molecular formula is C26H19ClN2O5S. The molecule has 0 radical (unpaired) electrons. The van der Waals surface area contributed by atoms with E-state index in [4.69, 9.17) is 16.3 Å². The molecule has 0 spiro atoms. The molecule has 1 aromatic heterocycles. The highest BCUT2D eigenvalue weighted by Gasteiger charge is 2.48. The Labute approximate surface area is 209 Å². The van der Waals surface area contributed by atoms with Crippen molar-refractivity contribution in [3.05, 3.63) is 87.9 Å². The van der Waals surface area contributed by atoms with Gasteiger partial charge in [-0.25, -0.2) is 4.98 Å². The number of benzene rings is 3. The quantitative estimate of drug-likeness (QED) is 0.212.